The molecule has 18 heavy (non-hydrogen) atoms. The monoisotopic (exact) mass is 267 g/mol. The van der Waals surface area contributed by atoms with Crippen LogP contribution in [0.4, 0.5) is 0 Å². The van der Waals surface area contributed by atoms with Crippen LogP contribution in [0.3, 0.4) is 0 Å². The van der Waals surface area contributed by atoms with Gasteiger partial charge in [0.15, 0.2) is 5.75 Å². The van der Waals surface area contributed by atoms with Crippen LogP contribution in [0, 0.1) is 0 Å². The molecule has 2 rings (SSSR count). The van der Waals surface area contributed by atoms with Gasteiger partial charge in [0.25, 0.3) is 0 Å². The Kier molecular flexibility index (Phi) is 3.47. The molecule has 2 heterocycles. The number of pyridine rings is 1. The molecule has 1 N–H and O–H groups in total. The number of halogens is 1. The Bertz CT molecular complexity index is 583. The third-order valence-electron chi connectivity index (χ3n) is 2.40. The van der Waals surface area contributed by atoms with E-state index in [0.717, 1.165) is 0 Å². The lowest BCUT2D eigenvalue weighted by atomic mass is 10.2. The SMILES string of the molecule is Cn1c(Cl)cnc1COc1cnccc1C(=O)O. The molecular weight excluding hydrogens is 258 g/mol. The first-order valence-electron chi connectivity index (χ1n) is 5.06. The maximum Gasteiger partial charge on any atom is 0.339 e. The van der Waals surface area contributed by atoms with Gasteiger partial charge in [-0.15, -0.1) is 0 Å². The highest BCUT2D eigenvalue weighted by Crippen LogP contribution is 2.18. The molecule has 0 radical (unpaired) electrons. The fourth-order valence-corrected chi connectivity index (χ4v) is 1.52. The zero-order valence-corrected chi connectivity index (χ0v) is 10.3. The van der Waals surface area contributed by atoms with Gasteiger partial charge in [-0.1, -0.05) is 11.6 Å². The van der Waals surface area contributed by atoms with Gasteiger partial charge in [0, 0.05) is 13.2 Å². The Morgan fingerprint density at radius 1 is 1.56 bits per heavy atom. The van der Waals surface area contributed by atoms with E-state index in [-0.39, 0.29) is 17.9 Å². The van der Waals surface area contributed by atoms with Gasteiger partial charge in [0.2, 0.25) is 0 Å². The van der Waals surface area contributed by atoms with Crippen molar-refractivity contribution in [2.24, 2.45) is 7.05 Å². The van der Waals surface area contributed by atoms with Gasteiger partial charge in [-0.3, -0.25) is 4.98 Å². The van der Waals surface area contributed by atoms with E-state index in [4.69, 9.17) is 21.4 Å². The summed E-state index contributed by atoms with van der Waals surface area (Å²) in [6, 6.07) is 1.38. The first-order chi connectivity index (χ1) is 8.59. The van der Waals surface area contributed by atoms with Crippen LogP contribution in [0.25, 0.3) is 0 Å². The van der Waals surface area contributed by atoms with Crippen LogP contribution in [0.2, 0.25) is 5.15 Å². The minimum absolute atomic E-state index is 0.0605. The number of aromatic carboxylic acids is 1. The van der Waals surface area contributed by atoms with E-state index in [9.17, 15) is 4.79 Å². The van der Waals surface area contributed by atoms with E-state index in [1.54, 1.807) is 11.6 Å². The fraction of sp³-hybridized carbons (Fsp3) is 0.182. The van der Waals surface area contributed by atoms with Crippen LogP contribution in [-0.2, 0) is 13.7 Å². The van der Waals surface area contributed by atoms with Crippen molar-refractivity contribution < 1.29 is 14.6 Å². The Morgan fingerprint density at radius 2 is 2.33 bits per heavy atom. The van der Waals surface area contributed by atoms with Crippen molar-refractivity contribution >= 4 is 17.6 Å². The molecule has 0 aliphatic carbocycles. The predicted molar refractivity (Wildman–Crippen MR) is 63.7 cm³/mol. The molecule has 7 heteroatoms. The van der Waals surface area contributed by atoms with Crippen molar-refractivity contribution in [2.75, 3.05) is 0 Å². The molecule has 0 aliphatic heterocycles. The molecule has 0 bridgehead atoms. The zero-order valence-electron chi connectivity index (χ0n) is 9.50. The van der Waals surface area contributed by atoms with Gasteiger partial charge < -0.3 is 14.4 Å². The number of ether oxygens (including phenoxy) is 1. The molecule has 0 saturated carbocycles. The lowest BCUT2D eigenvalue weighted by Crippen LogP contribution is -2.07. The number of hydrogen-bond acceptors (Lipinski definition) is 4. The second kappa shape index (κ2) is 5.05. The standard InChI is InChI=1S/C11H10ClN3O3/c1-15-9(12)5-14-10(15)6-18-8-4-13-3-2-7(8)11(16)17/h2-5H,6H2,1H3,(H,16,17). The molecule has 0 amide bonds. The summed E-state index contributed by atoms with van der Waals surface area (Å²) in [4.78, 5) is 18.8. The molecule has 6 nitrogen and oxygen atoms in total. The number of aromatic nitrogens is 3. The van der Waals surface area contributed by atoms with Gasteiger partial charge >= 0.3 is 5.97 Å². The topological polar surface area (TPSA) is 77.2 Å². The molecule has 0 saturated heterocycles. The molecule has 0 unspecified atom stereocenters. The number of carboxylic acids is 1. The van der Waals surface area contributed by atoms with Crippen molar-refractivity contribution in [3.05, 3.63) is 41.2 Å². The summed E-state index contributed by atoms with van der Waals surface area (Å²) in [6.07, 6.45) is 4.25. The van der Waals surface area contributed by atoms with Gasteiger partial charge in [-0.05, 0) is 6.07 Å². The van der Waals surface area contributed by atoms with Crippen LogP contribution in [0.5, 0.6) is 5.75 Å². The van der Waals surface area contributed by atoms with Crippen molar-refractivity contribution in [1.29, 1.82) is 0 Å². The number of carbonyl (C=O) groups is 1. The number of nitrogens with zero attached hydrogens (tertiary/aromatic N) is 3. The summed E-state index contributed by atoms with van der Waals surface area (Å²) in [6.45, 7) is 0.120. The summed E-state index contributed by atoms with van der Waals surface area (Å²) >= 11 is 5.83. The molecule has 0 aromatic carbocycles. The second-order valence-electron chi connectivity index (χ2n) is 3.52. The maximum atomic E-state index is 11.0. The highest BCUT2D eigenvalue weighted by atomic mass is 35.5. The Hall–Kier alpha value is -2.08. The molecule has 2 aromatic heterocycles. The van der Waals surface area contributed by atoms with Gasteiger partial charge in [0.05, 0.1) is 12.4 Å². The Balaban J connectivity index is 2.16. The Morgan fingerprint density at radius 3 is 2.94 bits per heavy atom. The van der Waals surface area contributed by atoms with Gasteiger partial charge in [-0.25, -0.2) is 9.78 Å². The van der Waals surface area contributed by atoms with E-state index < -0.39 is 5.97 Å². The highest BCUT2D eigenvalue weighted by molar-refractivity contribution is 6.29. The van der Waals surface area contributed by atoms with Crippen LogP contribution in [-0.4, -0.2) is 25.6 Å². The second-order valence-corrected chi connectivity index (χ2v) is 3.91. The third-order valence-corrected chi connectivity index (χ3v) is 2.75. The minimum Gasteiger partial charge on any atom is -0.483 e. The highest BCUT2D eigenvalue weighted by Gasteiger charge is 2.12. The normalized spacial score (nSPS) is 10.3. The van der Waals surface area contributed by atoms with E-state index >= 15 is 0 Å². The zero-order chi connectivity index (χ0) is 13.1. The summed E-state index contributed by atoms with van der Waals surface area (Å²) in [5, 5.41) is 9.46. The summed E-state index contributed by atoms with van der Waals surface area (Å²) < 4.78 is 7.04. The lowest BCUT2D eigenvalue weighted by molar-refractivity contribution is 0.0691. The summed E-state index contributed by atoms with van der Waals surface area (Å²) in [5.74, 6) is -0.269. The fourth-order valence-electron chi connectivity index (χ4n) is 1.37. The van der Waals surface area contributed by atoms with Crippen molar-refractivity contribution in [3.8, 4) is 5.75 Å². The largest absolute Gasteiger partial charge is 0.483 e. The summed E-state index contributed by atoms with van der Waals surface area (Å²) in [5.41, 5.74) is 0.0605. The number of imidazole rings is 1. The van der Waals surface area contributed by atoms with E-state index in [1.165, 1.54) is 24.7 Å². The molecule has 0 atom stereocenters. The first kappa shape index (κ1) is 12.4. The summed E-state index contributed by atoms with van der Waals surface area (Å²) in [7, 11) is 1.75. The maximum absolute atomic E-state index is 11.0. The van der Waals surface area contributed by atoms with Crippen molar-refractivity contribution in [2.45, 2.75) is 6.61 Å². The molecular formula is C11H10ClN3O3. The van der Waals surface area contributed by atoms with Crippen LogP contribution in [0.1, 0.15) is 16.2 Å². The molecule has 94 valence electrons. The quantitative estimate of drug-likeness (QED) is 0.913. The van der Waals surface area contributed by atoms with Crippen LogP contribution in [0.15, 0.2) is 24.7 Å². The van der Waals surface area contributed by atoms with Crippen LogP contribution < -0.4 is 4.74 Å². The average Bonchev–Trinajstić information content (AvgIpc) is 2.68. The molecule has 0 spiro atoms. The predicted octanol–water partition coefficient (Wildman–Crippen LogP) is 1.75. The third kappa shape index (κ3) is 2.43. The van der Waals surface area contributed by atoms with Crippen LogP contribution >= 0.6 is 11.6 Å². The van der Waals surface area contributed by atoms with Crippen molar-refractivity contribution in [3.63, 3.8) is 0 Å². The van der Waals surface area contributed by atoms with Crippen molar-refractivity contribution in [1.82, 2.24) is 14.5 Å². The smallest absolute Gasteiger partial charge is 0.339 e. The van der Waals surface area contributed by atoms with Gasteiger partial charge in [-0.2, -0.15) is 0 Å². The van der Waals surface area contributed by atoms with E-state index in [2.05, 4.69) is 9.97 Å². The minimum atomic E-state index is -1.06. The number of rotatable bonds is 4. The number of carboxylic acid groups (broad SMARTS) is 1. The Labute approximate surface area is 108 Å². The first-order valence-corrected chi connectivity index (χ1v) is 5.43. The van der Waals surface area contributed by atoms with E-state index in [1.807, 2.05) is 0 Å². The molecule has 0 aliphatic rings. The number of hydrogen-bond donors (Lipinski definition) is 1. The molecule has 0 fully saturated rings. The lowest BCUT2D eigenvalue weighted by Gasteiger charge is -2.08. The van der Waals surface area contributed by atoms with E-state index in [0.29, 0.717) is 11.0 Å². The average molecular weight is 268 g/mol. The molecule has 2 aromatic rings. The van der Waals surface area contributed by atoms with Gasteiger partial charge in [0.1, 0.15) is 23.1 Å².